The van der Waals surface area contributed by atoms with E-state index in [0.717, 1.165) is 18.9 Å². The molecule has 0 bridgehead atoms. The molecule has 0 atom stereocenters. The van der Waals surface area contributed by atoms with Gasteiger partial charge in [0.1, 0.15) is 5.82 Å². The second-order valence-corrected chi connectivity index (χ2v) is 4.47. The van der Waals surface area contributed by atoms with Crippen molar-refractivity contribution >= 4 is 0 Å². The molecule has 84 valence electrons. The molecule has 1 heterocycles. The molecule has 15 heavy (non-hydrogen) atoms. The Balaban J connectivity index is 1.92. The fourth-order valence-corrected chi connectivity index (χ4v) is 2.32. The summed E-state index contributed by atoms with van der Waals surface area (Å²) in [5.74, 6) is 1.16. The minimum absolute atomic E-state index is 0.421. The van der Waals surface area contributed by atoms with Crippen LogP contribution in [-0.2, 0) is 13.1 Å². The Kier molecular flexibility index (Phi) is 3.10. The Labute approximate surface area is 91.9 Å². The monoisotopic (exact) mass is 207 g/mol. The van der Waals surface area contributed by atoms with Gasteiger partial charge in [0.05, 0.1) is 6.54 Å². The summed E-state index contributed by atoms with van der Waals surface area (Å²) in [5, 5.41) is 3.68. The van der Waals surface area contributed by atoms with E-state index in [1.54, 1.807) is 0 Å². The van der Waals surface area contributed by atoms with Crippen LogP contribution in [0.3, 0.4) is 0 Å². The molecule has 0 amide bonds. The second kappa shape index (κ2) is 4.35. The molecule has 1 aliphatic carbocycles. The van der Waals surface area contributed by atoms with Gasteiger partial charge in [-0.3, -0.25) is 0 Å². The van der Waals surface area contributed by atoms with E-state index in [9.17, 15) is 0 Å². The Bertz CT molecular complexity index is 307. The van der Waals surface area contributed by atoms with Gasteiger partial charge in [-0.25, -0.2) is 4.98 Å². The van der Waals surface area contributed by atoms with Crippen molar-refractivity contribution in [2.75, 3.05) is 0 Å². The number of aromatic nitrogens is 2. The summed E-state index contributed by atoms with van der Waals surface area (Å²) >= 11 is 0. The van der Waals surface area contributed by atoms with Crippen LogP contribution in [0, 0.1) is 0 Å². The lowest BCUT2D eigenvalue weighted by Crippen LogP contribution is -2.50. The maximum absolute atomic E-state index is 4.38. The molecule has 0 spiro atoms. The molecule has 1 aromatic heterocycles. The lowest BCUT2D eigenvalue weighted by Gasteiger charge is -2.42. The van der Waals surface area contributed by atoms with Crippen molar-refractivity contribution in [3.05, 3.63) is 18.2 Å². The quantitative estimate of drug-likeness (QED) is 0.803. The van der Waals surface area contributed by atoms with Gasteiger partial charge >= 0.3 is 0 Å². The first kappa shape index (κ1) is 10.7. The summed E-state index contributed by atoms with van der Waals surface area (Å²) in [4.78, 5) is 4.38. The zero-order valence-corrected chi connectivity index (χ0v) is 9.79. The minimum atomic E-state index is 0.421. The van der Waals surface area contributed by atoms with Crippen molar-refractivity contribution in [1.82, 2.24) is 14.9 Å². The molecule has 3 heteroatoms. The van der Waals surface area contributed by atoms with Gasteiger partial charge in [-0.1, -0.05) is 6.92 Å². The van der Waals surface area contributed by atoms with Crippen molar-refractivity contribution in [2.45, 2.75) is 58.2 Å². The van der Waals surface area contributed by atoms with Gasteiger partial charge in [0.2, 0.25) is 0 Å². The number of rotatable bonds is 5. The second-order valence-electron chi connectivity index (χ2n) is 4.47. The van der Waals surface area contributed by atoms with E-state index in [0.29, 0.717) is 5.54 Å². The van der Waals surface area contributed by atoms with E-state index >= 15 is 0 Å². The first-order valence-electron chi connectivity index (χ1n) is 6.05. The summed E-state index contributed by atoms with van der Waals surface area (Å²) in [5.41, 5.74) is 0.421. The van der Waals surface area contributed by atoms with Gasteiger partial charge in [-0.2, -0.15) is 0 Å². The van der Waals surface area contributed by atoms with Crippen LogP contribution in [0.15, 0.2) is 12.4 Å². The van der Waals surface area contributed by atoms with Gasteiger partial charge in [-0.05, 0) is 32.6 Å². The fraction of sp³-hybridized carbons (Fsp3) is 0.750. The Morgan fingerprint density at radius 3 is 2.80 bits per heavy atom. The molecule has 0 saturated heterocycles. The van der Waals surface area contributed by atoms with Crippen LogP contribution in [0.25, 0.3) is 0 Å². The highest BCUT2D eigenvalue weighted by Crippen LogP contribution is 2.34. The number of aryl methyl sites for hydroxylation is 1. The highest BCUT2D eigenvalue weighted by atomic mass is 15.1. The topological polar surface area (TPSA) is 29.9 Å². The van der Waals surface area contributed by atoms with E-state index < -0.39 is 0 Å². The van der Waals surface area contributed by atoms with Crippen molar-refractivity contribution in [3.8, 4) is 0 Å². The zero-order chi connectivity index (χ0) is 10.7. The van der Waals surface area contributed by atoms with Crippen LogP contribution in [0.1, 0.15) is 45.4 Å². The lowest BCUT2D eigenvalue weighted by atomic mass is 9.75. The van der Waals surface area contributed by atoms with Gasteiger partial charge in [0.15, 0.2) is 0 Å². The third-order valence-electron chi connectivity index (χ3n) is 3.75. The molecule has 0 aliphatic heterocycles. The molecule has 0 radical (unpaired) electrons. The molecule has 1 N–H and O–H groups in total. The maximum Gasteiger partial charge on any atom is 0.122 e. The van der Waals surface area contributed by atoms with Crippen LogP contribution in [0.2, 0.25) is 0 Å². The van der Waals surface area contributed by atoms with E-state index in [4.69, 9.17) is 0 Å². The maximum atomic E-state index is 4.38. The summed E-state index contributed by atoms with van der Waals surface area (Å²) in [7, 11) is 0. The molecule has 1 fully saturated rings. The van der Waals surface area contributed by atoms with Gasteiger partial charge in [-0.15, -0.1) is 0 Å². The molecular weight excluding hydrogens is 186 g/mol. The third kappa shape index (κ3) is 2.07. The Hall–Kier alpha value is -0.830. The van der Waals surface area contributed by atoms with Gasteiger partial charge < -0.3 is 9.88 Å². The Morgan fingerprint density at radius 1 is 1.47 bits per heavy atom. The first-order chi connectivity index (χ1) is 7.29. The van der Waals surface area contributed by atoms with Gasteiger partial charge in [0.25, 0.3) is 0 Å². The number of imidazole rings is 1. The van der Waals surface area contributed by atoms with E-state index in [-0.39, 0.29) is 0 Å². The number of hydrogen-bond acceptors (Lipinski definition) is 2. The standard InChI is InChI=1S/C12H21N3/c1-3-12(6-5-7-12)14-10-11-13-8-9-15(11)4-2/h8-9,14H,3-7,10H2,1-2H3. The fourth-order valence-electron chi connectivity index (χ4n) is 2.32. The molecule has 1 aromatic rings. The molecule has 2 rings (SSSR count). The summed E-state index contributed by atoms with van der Waals surface area (Å²) in [6.45, 7) is 6.35. The average molecular weight is 207 g/mol. The van der Waals surface area contributed by atoms with Crippen LogP contribution < -0.4 is 5.32 Å². The van der Waals surface area contributed by atoms with Crippen LogP contribution in [0.4, 0.5) is 0 Å². The number of hydrogen-bond donors (Lipinski definition) is 1. The molecule has 0 aromatic carbocycles. The minimum Gasteiger partial charge on any atom is -0.334 e. The summed E-state index contributed by atoms with van der Waals surface area (Å²) in [6.07, 6.45) is 9.21. The summed E-state index contributed by atoms with van der Waals surface area (Å²) in [6, 6.07) is 0. The van der Waals surface area contributed by atoms with Crippen molar-refractivity contribution in [1.29, 1.82) is 0 Å². The summed E-state index contributed by atoms with van der Waals surface area (Å²) < 4.78 is 2.20. The Morgan fingerprint density at radius 2 is 2.27 bits per heavy atom. The van der Waals surface area contributed by atoms with Crippen molar-refractivity contribution < 1.29 is 0 Å². The molecule has 1 saturated carbocycles. The van der Waals surface area contributed by atoms with E-state index in [1.807, 2.05) is 6.20 Å². The van der Waals surface area contributed by atoms with E-state index in [2.05, 4.69) is 34.9 Å². The number of nitrogens with one attached hydrogen (secondary N) is 1. The zero-order valence-electron chi connectivity index (χ0n) is 9.79. The van der Waals surface area contributed by atoms with Crippen LogP contribution in [-0.4, -0.2) is 15.1 Å². The largest absolute Gasteiger partial charge is 0.334 e. The van der Waals surface area contributed by atoms with Crippen molar-refractivity contribution in [2.24, 2.45) is 0 Å². The van der Waals surface area contributed by atoms with Gasteiger partial charge in [0, 0.05) is 24.5 Å². The molecule has 3 nitrogen and oxygen atoms in total. The lowest BCUT2D eigenvalue weighted by molar-refractivity contribution is 0.173. The predicted octanol–water partition coefficient (Wildman–Crippen LogP) is 2.33. The third-order valence-corrected chi connectivity index (χ3v) is 3.75. The average Bonchev–Trinajstić information content (AvgIpc) is 2.64. The normalized spacial score (nSPS) is 18.8. The number of nitrogens with zero attached hydrogens (tertiary/aromatic N) is 2. The first-order valence-corrected chi connectivity index (χ1v) is 6.05. The molecule has 1 aliphatic rings. The van der Waals surface area contributed by atoms with E-state index in [1.165, 1.54) is 25.7 Å². The van der Waals surface area contributed by atoms with Crippen LogP contribution in [0.5, 0.6) is 0 Å². The highest BCUT2D eigenvalue weighted by molar-refractivity contribution is 4.98. The highest BCUT2D eigenvalue weighted by Gasteiger charge is 2.34. The molecular formula is C12H21N3. The molecule has 0 unspecified atom stereocenters. The SMILES string of the molecule is CCn1ccnc1CNC1(CC)CCC1. The smallest absolute Gasteiger partial charge is 0.122 e. The van der Waals surface area contributed by atoms with Crippen LogP contribution >= 0.6 is 0 Å². The predicted molar refractivity (Wildman–Crippen MR) is 61.6 cm³/mol. The van der Waals surface area contributed by atoms with Crippen molar-refractivity contribution in [3.63, 3.8) is 0 Å².